The molecule has 7 heteroatoms. The fraction of sp³-hybridized carbons (Fsp3) is 0.471. The summed E-state index contributed by atoms with van der Waals surface area (Å²) in [5, 5.41) is 11.5. The number of amides is 1. The molecule has 0 saturated carbocycles. The number of nitrogens with two attached hydrogens (primary N) is 1. The summed E-state index contributed by atoms with van der Waals surface area (Å²) in [6.45, 7) is 2.15. The number of rotatable bonds is 6. The smallest absolute Gasteiger partial charge is 0.251 e. The fourth-order valence-corrected chi connectivity index (χ4v) is 2.90. The molecule has 1 aliphatic heterocycles. The van der Waals surface area contributed by atoms with Crippen molar-refractivity contribution in [3.8, 4) is 0 Å². The van der Waals surface area contributed by atoms with Crippen molar-refractivity contribution in [2.75, 3.05) is 6.54 Å². The minimum atomic E-state index is -0.0446. The van der Waals surface area contributed by atoms with Crippen LogP contribution in [0.2, 0.25) is 0 Å². The monoisotopic (exact) mass is 349 g/mol. The summed E-state index contributed by atoms with van der Waals surface area (Å²) in [6, 6.07) is 7.40. The van der Waals surface area contributed by atoms with Crippen molar-refractivity contribution in [2.45, 2.75) is 45.2 Å². The van der Waals surface area contributed by atoms with Crippen molar-refractivity contribution in [1.82, 2.24) is 20.1 Å². The first-order chi connectivity index (χ1) is 11.3. The third kappa shape index (κ3) is 4.33. The number of fused-ring (bicyclic) bond motifs is 1. The molecule has 1 aromatic heterocycles. The number of aryl methyl sites for hydroxylation is 2. The number of hydrogen-bond donors (Lipinski definition) is 2. The van der Waals surface area contributed by atoms with E-state index in [-0.39, 0.29) is 18.3 Å². The first-order valence-corrected chi connectivity index (χ1v) is 8.26. The Hall–Kier alpha value is -1.92. The quantitative estimate of drug-likeness (QED) is 0.779. The Labute approximate surface area is 148 Å². The van der Waals surface area contributed by atoms with E-state index in [0.29, 0.717) is 18.7 Å². The highest BCUT2D eigenvalue weighted by molar-refractivity contribution is 5.94. The van der Waals surface area contributed by atoms with Gasteiger partial charge in [-0.15, -0.1) is 22.6 Å². The molecule has 130 valence electrons. The summed E-state index contributed by atoms with van der Waals surface area (Å²) < 4.78 is 2.23. The molecule has 0 aliphatic carbocycles. The van der Waals surface area contributed by atoms with E-state index in [2.05, 4.69) is 20.1 Å². The van der Waals surface area contributed by atoms with Crippen molar-refractivity contribution < 1.29 is 4.79 Å². The molecule has 0 saturated heterocycles. The summed E-state index contributed by atoms with van der Waals surface area (Å²) in [5.41, 5.74) is 7.25. The molecular formula is C17H24ClN5O. The third-order valence-corrected chi connectivity index (χ3v) is 4.25. The zero-order valence-corrected chi connectivity index (χ0v) is 14.5. The van der Waals surface area contributed by atoms with Crippen molar-refractivity contribution in [3.05, 3.63) is 47.0 Å². The van der Waals surface area contributed by atoms with E-state index in [0.717, 1.165) is 43.0 Å². The number of carbonyl (C=O) groups excluding carboxylic acids is 1. The van der Waals surface area contributed by atoms with Crippen LogP contribution in [0.25, 0.3) is 0 Å². The van der Waals surface area contributed by atoms with Gasteiger partial charge in [-0.05, 0) is 37.0 Å². The van der Waals surface area contributed by atoms with E-state index in [1.807, 2.05) is 24.3 Å². The standard InChI is InChI=1S/C17H23N5O.ClH/c18-12-13-6-8-14(9-7-13)17(23)19-10-3-5-16-21-20-15-4-1-2-11-22(15)16;/h6-9H,1-5,10-12,18H2,(H,19,23);1H. The van der Waals surface area contributed by atoms with Gasteiger partial charge in [0.15, 0.2) is 0 Å². The molecule has 1 aromatic carbocycles. The minimum Gasteiger partial charge on any atom is -0.352 e. The predicted octanol–water partition coefficient (Wildman–Crippen LogP) is 1.86. The van der Waals surface area contributed by atoms with Crippen LogP contribution >= 0.6 is 12.4 Å². The van der Waals surface area contributed by atoms with Gasteiger partial charge in [0.2, 0.25) is 0 Å². The number of benzene rings is 1. The predicted molar refractivity (Wildman–Crippen MR) is 95.2 cm³/mol. The van der Waals surface area contributed by atoms with Gasteiger partial charge in [-0.2, -0.15) is 0 Å². The zero-order valence-electron chi connectivity index (χ0n) is 13.7. The number of hydrogen-bond acceptors (Lipinski definition) is 4. The molecule has 2 heterocycles. The van der Waals surface area contributed by atoms with Crippen LogP contribution in [-0.4, -0.2) is 27.2 Å². The number of carbonyl (C=O) groups is 1. The van der Waals surface area contributed by atoms with Crippen LogP contribution in [-0.2, 0) is 25.9 Å². The van der Waals surface area contributed by atoms with Gasteiger partial charge in [0.05, 0.1) is 0 Å². The third-order valence-electron chi connectivity index (χ3n) is 4.25. The summed E-state index contributed by atoms with van der Waals surface area (Å²) in [5.74, 6) is 2.10. The lowest BCUT2D eigenvalue weighted by atomic mass is 10.1. The topological polar surface area (TPSA) is 85.8 Å². The summed E-state index contributed by atoms with van der Waals surface area (Å²) in [4.78, 5) is 12.1. The number of aromatic nitrogens is 3. The first kappa shape index (κ1) is 18.4. The highest BCUT2D eigenvalue weighted by Crippen LogP contribution is 2.15. The SMILES string of the molecule is Cl.NCc1ccc(C(=O)NCCCc2nnc3n2CCCC3)cc1. The molecule has 1 aliphatic rings. The molecule has 0 spiro atoms. The lowest BCUT2D eigenvalue weighted by Gasteiger charge is -2.14. The normalized spacial score (nSPS) is 13.0. The van der Waals surface area contributed by atoms with Crippen molar-refractivity contribution in [3.63, 3.8) is 0 Å². The van der Waals surface area contributed by atoms with Gasteiger partial charge < -0.3 is 15.6 Å². The highest BCUT2D eigenvalue weighted by atomic mass is 35.5. The molecule has 24 heavy (non-hydrogen) atoms. The van der Waals surface area contributed by atoms with E-state index in [9.17, 15) is 4.79 Å². The van der Waals surface area contributed by atoms with Gasteiger partial charge >= 0.3 is 0 Å². The Morgan fingerprint density at radius 3 is 2.75 bits per heavy atom. The maximum atomic E-state index is 12.1. The van der Waals surface area contributed by atoms with E-state index >= 15 is 0 Å². The molecule has 0 fully saturated rings. The van der Waals surface area contributed by atoms with Gasteiger partial charge in [-0.3, -0.25) is 4.79 Å². The molecule has 0 bridgehead atoms. The van der Waals surface area contributed by atoms with Crippen LogP contribution in [0.3, 0.4) is 0 Å². The van der Waals surface area contributed by atoms with Crippen LogP contribution in [0, 0.1) is 0 Å². The number of nitrogens with one attached hydrogen (secondary N) is 1. The van der Waals surface area contributed by atoms with Crippen LogP contribution in [0.15, 0.2) is 24.3 Å². The molecule has 2 aromatic rings. The molecule has 3 rings (SSSR count). The van der Waals surface area contributed by atoms with E-state index in [1.54, 1.807) is 0 Å². The molecule has 0 atom stereocenters. The first-order valence-electron chi connectivity index (χ1n) is 8.26. The summed E-state index contributed by atoms with van der Waals surface area (Å²) >= 11 is 0. The molecule has 6 nitrogen and oxygen atoms in total. The Morgan fingerprint density at radius 2 is 2.00 bits per heavy atom. The number of halogens is 1. The van der Waals surface area contributed by atoms with Crippen LogP contribution < -0.4 is 11.1 Å². The fourth-order valence-electron chi connectivity index (χ4n) is 2.90. The Kier molecular flexibility index (Phi) is 6.75. The van der Waals surface area contributed by atoms with Crippen molar-refractivity contribution >= 4 is 18.3 Å². The highest BCUT2D eigenvalue weighted by Gasteiger charge is 2.15. The maximum absolute atomic E-state index is 12.1. The van der Waals surface area contributed by atoms with Crippen molar-refractivity contribution in [2.24, 2.45) is 5.73 Å². The second kappa shape index (κ2) is 8.80. The van der Waals surface area contributed by atoms with Gasteiger partial charge in [0.25, 0.3) is 5.91 Å². The molecule has 1 amide bonds. The molecule has 0 radical (unpaired) electrons. The Balaban J connectivity index is 0.00000208. The Bertz CT molecular complexity index is 668. The molecule has 0 unspecified atom stereocenters. The second-order valence-electron chi connectivity index (χ2n) is 5.90. The molecular weight excluding hydrogens is 326 g/mol. The van der Waals surface area contributed by atoms with Gasteiger partial charge in [-0.25, -0.2) is 0 Å². The largest absolute Gasteiger partial charge is 0.352 e. The van der Waals surface area contributed by atoms with Crippen molar-refractivity contribution in [1.29, 1.82) is 0 Å². The lowest BCUT2D eigenvalue weighted by molar-refractivity contribution is 0.0953. The average Bonchev–Trinajstić information content (AvgIpc) is 3.02. The zero-order chi connectivity index (χ0) is 16.1. The Morgan fingerprint density at radius 1 is 1.21 bits per heavy atom. The van der Waals surface area contributed by atoms with E-state index in [1.165, 1.54) is 12.8 Å². The molecule has 3 N–H and O–H groups in total. The van der Waals surface area contributed by atoms with Crippen LogP contribution in [0.4, 0.5) is 0 Å². The summed E-state index contributed by atoms with van der Waals surface area (Å²) in [6.07, 6.45) is 5.15. The van der Waals surface area contributed by atoms with Crippen LogP contribution in [0.5, 0.6) is 0 Å². The minimum absolute atomic E-state index is 0. The van der Waals surface area contributed by atoms with E-state index in [4.69, 9.17) is 5.73 Å². The van der Waals surface area contributed by atoms with Gasteiger partial charge in [0.1, 0.15) is 11.6 Å². The summed E-state index contributed by atoms with van der Waals surface area (Å²) in [7, 11) is 0. The van der Waals surface area contributed by atoms with Gasteiger partial charge in [0, 0.05) is 38.0 Å². The average molecular weight is 350 g/mol. The number of nitrogens with zero attached hydrogens (tertiary/aromatic N) is 3. The lowest BCUT2D eigenvalue weighted by Crippen LogP contribution is -2.25. The van der Waals surface area contributed by atoms with E-state index < -0.39 is 0 Å². The van der Waals surface area contributed by atoms with Crippen LogP contribution in [0.1, 0.15) is 46.8 Å². The van der Waals surface area contributed by atoms with Gasteiger partial charge in [-0.1, -0.05) is 12.1 Å². The second-order valence-corrected chi connectivity index (χ2v) is 5.90. The maximum Gasteiger partial charge on any atom is 0.251 e.